The molecule has 5 rings (SSSR count). The molecule has 0 aliphatic carbocycles. The van der Waals surface area contributed by atoms with E-state index >= 15 is 0 Å². The molecule has 2 aliphatic heterocycles. The smallest absolute Gasteiger partial charge is 0.163 e. The van der Waals surface area contributed by atoms with Crippen LogP contribution in [0.3, 0.4) is 0 Å². The fourth-order valence-corrected chi connectivity index (χ4v) is 5.25. The fourth-order valence-electron chi connectivity index (χ4n) is 4.13. The zero-order chi connectivity index (χ0) is 20.0. The van der Waals surface area contributed by atoms with E-state index in [-0.39, 0.29) is 5.75 Å². The summed E-state index contributed by atoms with van der Waals surface area (Å²) in [5.41, 5.74) is 6.45. The molecular formula is C23H24N2O3S. The van der Waals surface area contributed by atoms with Gasteiger partial charge in [0.15, 0.2) is 11.5 Å². The molecule has 2 aromatic carbocycles. The molecule has 150 valence electrons. The van der Waals surface area contributed by atoms with Crippen LogP contribution in [0.25, 0.3) is 22.2 Å². The second-order valence-electron chi connectivity index (χ2n) is 7.65. The molecule has 0 saturated carbocycles. The highest BCUT2D eigenvalue weighted by molar-refractivity contribution is 7.98. The molecular weight excluding hydrogens is 384 g/mol. The number of rotatable bonds is 3. The molecule has 1 fully saturated rings. The van der Waals surface area contributed by atoms with Gasteiger partial charge in [-0.3, -0.25) is 4.90 Å². The number of benzene rings is 2. The van der Waals surface area contributed by atoms with Crippen LogP contribution in [-0.4, -0.2) is 48.4 Å². The zero-order valence-electron chi connectivity index (χ0n) is 16.7. The van der Waals surface area contributed by atoms with E-state index in [2.05, 4.69) is 36.1 Å². The van der Waals surface area contributed by atoms with Gasteiger partial charge in [-0.2, -0.15) is 0 Å². The molecule has 1 saturated heterocycles. The van der Waals surface area contributed by atoms with Crippen molar-refractivity contribution in [3.05, 3.63) is 47.0 Å². The van der Waals surface area contributed by atoms with Crippen molar-refractivity contribution in [1.82, 2.24) is 9.88 Å². The van der Waals surface area contributed by atoms with Crippen molar-refractivity contribution >= 4 is 22.7 Å². The average Bonchev–Trinajstić information content (AvgIpc) is 2.75. The van der Waals surface area contributed by atoms with E-state index in [0.717, 1.165) is 54.2 Å². The molecule has 2 aliphatic rings. The predicted octanol–water partition coefficient (Wildman–Crippen LogP) is 4.36. The number of morpholine rings is 1. The summed E-state index contributed by atoms with van der Waals surface area (Å²) in [6.07, 6.45) is 0. The van der Waals surface area contributed by atoms with Crippen molar-refractivity contribution in [2.45, 2.75) is 24.1 Å². The van der Waals surface area contributed by atoms with Gasteiger partial charge in [-0.25, -0.2) is 4.98 Å². The molecule has 3 aromatic rings. The first-order valence-corrected chi connectivity index (χ1v) is 10.9. The number of aromatic nitrogens is 1. The Bertz CT molecular complexity index is 1090. The maximum Gasteiger partial charge on any atom is 0.163 e. The molecule has 0 amide bonds. The molecule has 0 unspecified atom stereocenters. The Morgan fingerprint density at radius 1 is 1.21 bits per heavy atom. The van der Waals surface area contributed by atoms with Gasteiger partial charge >= 0.3 is 0 Å². The van der Waals surface area contributed by atoms with Crippen molar-refractivity contribution in [3.8, 4) is 22.8 Å². The van der Waals surface area contributed by atoms with Crippen LogP contribution < -0.4 is 4.74 Å². The Morgan fingerprint density at radius 2 is 2.03 bits per heavy atom. The van der Waals surface area contributed by atoms with Crippen LogP contribution in [-0.2, 0) is 17.0 Å². The summed E-state index contributed by atoms with van der Waals surface area (Å²) in [5, 5.41) is 11.9. The summed E-state index contributed by atoms with van der Waals surface area (Å²) in [5.74, 6) is 1.58. The number of pyridine rings is 1. The minimum absolute atomic E-state index is 0.215. The zero-order valence-corrected chi connectivity index (χ0v) is 17.5. The van der Waals surface area contributed by atoms with Crippen molar-refractivity contribution < 1.29 is 14.6 Å². The first kappa shape index (κ1) is 18.7. The molecule has 6 heteroatoms. The maximum atomic E-state index is 10.9. The number of ether oxygens (including phenoxy) is 2. The van der Waals surface area contributed by atoms with Crippen LogP contribution in [0, 0.1) is 6.92 Å². The predicted molar refractivity (Wildman–Crippen MR) is 116 cm³/mol. The van der Waals surface area contributed by atoms with Crippen molar-refractivity contribution in [2.24, 2.45) is 0 Å². The summed E-state index contributed by atoms with van der Waals surface area (Å²) in [7, 11) is 1.59. The standard InChI is InChI=1S/C23H24N2O3S/c1-14-3-4-16-21(9-14)29-13-15-10-17-18(12-25-5-7-28-8-6-25)23(26)20(27-2)11-19(17)24-22(15)16/h3-4,9-11,26H,5-8,12-13H2,1-2H3. The van der Waals surface area contributed by atoms with Crippen LogP contribution in [0.2, 0.25) is 0 Å². The third-order valence-electron chi connectivity index (χ3n) is 5.72. The van der Waals surface area contributed by atoms with E-state index in [9.17, 15) is 5.11 Å². The first-order valence-electron chi connectivity index (χ1n) is 9.90. The number of aryl methyl sites for hydroxylation is 1. The Hall–Kier alpha value is -2.28. The molecule has 0 atom stereocenters. The summed E-state index contributed by atoms with van der Waals surface area (Å²) in [4.78, 5) is 8.63. The Balaban J connectivity index is 1.67. The maximum absolute atomic E-state index is 10.9. The second kappa shape index (κ2) is 7.52. The number of methoxy groups -OCH3 is 1. The van der Waals surface area contributed by atoms with Crippen LogP contribution in [0.15, 0.2) is 35.2 Å². The molecule has 3 heterocycles. The lowest BCUT2D eigenvalue weighted by molar-refractivity contribution is 0.0340. The van der Waals surface area contributed by atoms with Crippen molar-refractivity contribution in [1.29, 1.82) is 0 Å². The van der Waals surface area contributed by atoms with Crippen LogP contribution in [0.1, 0.15) is 16.7 Å². The Morgan fingerprint density at radius 3 is 2.83 bits per heavy atom. The molecule has 1 N–H and O–H groups in total. The van der Waals surface area contributed by atoms with E-state index < -0.39 is 0 Å². The molecule has 29 heavy (non-hydrogen) atoms. The first-order chi connectivity index (χ1) is 14.1. The van der Waals surface area contributed by atoms with Gasteiger partial charge < -0.3 is 14.6 Å². The molecule has 0 spiro atoms. The van der Waals surface area contributed by atoms with Crippen LogP contribution in [0.4, 0.5) is 0 Å². The average molecular weight is 409 g/mol. The van der Waals surface area contributed by atoms with Gasteiger partial charge in [0.25, 0.3) is 0 Å². The minimum atomic E-state index is 0.215. The largest absolute Gasteiger partial charge is 0.504 e. The van der Waals surface area contributed by atoms with Gasteiger partial charge in [0, 0.05) is 52.9 Å². The number of phenols is 1. The van der Waals surface area contributed by atoms with Gasteiger partial charge in [0.05, 0.1) is 31.5 Å². The van der Waals surface area contributed by atoms with Gasteiger partial charge in [-0.05, 0) is 30.2 Å². The number of nitrogens with zero attached hydrogens (tertiary/aromatic N) is 2. The number of fused-ring (bicyclic) bond motifs is 4. The van der Waals surface area contributed by atoms with E-state index in [4.69, 9.17) is 14.5 Å². The number of phenolic OH excluding ortho intramolecular Hbond substituents is 1. The fraction of sp³-hybridized carbons (Fsp3) is 0.348. The second-order valence-corrected chi connectivity index (χ2v) is 8.66. The van der Waals surface area contributed by atoms with E-state index in [1.165, 1.54) is 21.6 Å². The van der Waals surface area contributed by atoms with E-state index in [1.54, 1.807) is 7.11 Å². The Kier molecular flexibility index (Phi) is 4.86. The lowest BCUT2D eigenvalue weighted by Crippen LogP contribution is -2.35. The van der Waals surface area contributed by atoms with E-state index in [0.29, 0.717) is 12.3 Å². The highest BCUT2D eigenvalue weighted by Crippen LogP contribution is 2.44. The summed E-state index contributed by atoms with van der Waals surface area (Å²) < 4.78 is 10.9. The van der Waals surface area contributed by atoms with Crippen molar-refractivity contribution in [3.63, 3.8) is 0 Å². The van der Waals surface area contributed by atoms with Gasteiger partial charge in [0.2, 0.25) is 0 Å². The SMILES string of the molecule is COc1cc2nc3c(cc2c(CN2CCOCC2)c1O)CSc1cc(C)ccc1-3. The van der Waals surface area contributed by atoms with Crippen LogP contribution >= 0.6 is 11.8 Å². The van der Waals surface area contributed by atoms with Crippen LogP contribution in [0.5, 0.6) is 11.5 Å². The van der Waals surface area contributed by atoms with Crippen molar-refractivity contribution in [2.75, 3.05) is 33.4 Å². The quantitative estimate of drug-likeness (QED) is 0.695. The number of thioether (sulfide) groups is 1. The van der Waals surface area contributed by atoms with Gasteiger partial charge in [0.1, 0.15) is 0 Å². The molecule has 0 radical (unpaired) electrons. The molecule has 0 bridgehead atoms. The number of hydrogen-bond acceptors (Lipinski definition) is 6. The highest BCUT2D eigenvalue weighted by Gasteiger charge is 2.23. The van der Waals surface area contributed by atoms with Gasteiger partial charge in [-0.15, -0.1) is 11.8 Å². The van der Waals surface area contributed by atoms with Gasteiger partial charge in [-0.1, -0.05) is 12.1 Å². The number of aromatic hydroxyl groups is 1. The lowest BCUT2D eigenvalue weighted by Gasteiger charge is -2.28. The molecule has 1 aromatic heterocycles. The Labute approximate surface area is 174 Å². The number of hydrogen-bond donors (Lipinski definition) is 1. The molecule has 5 nitrogen and oxygen atoms in total. The monoisotopic (exact) mass is 408 g/mol. The normalized spacial score (nSPS) is 16.5. The van der Waals surface area contributed by atoms with E-state index in [1.807, 2.05) is 17.8 Å². The highest BCUT2D eigenvalue weighted by atomic mass is 32.2. The summed E-state index contributed by atoms with van der Waals surface area (Å²) in [6, 6.07) is 10.6. The lowest BCUT2D eigenvalue weighted by atomic mass is 9.99. The third-order valence-corrected chi connectivity index (χ3v) is 6.83. The summed E-state index contributed by atoms with van der Waals surface area (Å²) >= 11 is 1.85. The third kappa shape index (κ3) is 3.35. The summed E-state index contributed by atoms with van der Waals surface area (Å²) in [6.45, 7) is 5.95. The topological polar surface area (TPSA) is 54.8 Å². The minimum Gasteiger partial charge on any atom is -0.504 e.